The van der Waals surface area contributed by atoms with Crippen LogP contribution in [-0.4, -0.2) is 50.3 Å². The molecule has 0 spiro atoms. The van der Waals surface area contributed by atoms with Crippen molar-refractivity contribution in [2.24, 2.45) is 5.73 Å². The summed E-state index contributed by atoms with van der Waals surface area (Å²) in [6, 6.07) is 0. The maximum absolute atomic E-state index is 11.3. The van der Waals surface area contributed by atoms with Gasteiger partial charge in [0.2, 0.25) is 5.91 Å². The van der Waals surface area contributed by atoms with Gasteiger partial charge in [0.05, 0.1) is 25.6 Å². The lowest BCUT2D eigenvalue weighted by Gasteiger charge is -2.17. The number of likely N-dealkylation sites (N-methyl/N-ethyl adjacent to an activating group) is 1. The Balaban J connectivity index is 3.45. The lowest BCUT2D eigenvalue weighted by Crippen LogP contribution is -2.37. The Morgan fingerprint density at radius 2 is 2.27 bits per heavy atom. The summed E-state index contributed by atoms with van der Waals surface area (Å²) in [6.07, 6.45) is 0.906. The summed E-state index contributed by atoms with van der Waals surface area (Å²) in [7, 11) is 4.29. The molecule has 0 heterocycles. The van der Waals surface area contributed by atoms with E-state index in [2.05, 4.69) is 21.1 Å². The number of nitrogens with two attached hydrogens (primary N) is 1. The van der Waals surface area contributed by atoms with Crippen molar-refractivity contribution in [1.82, 2.24) is 10.2 Å². The number of ether oxygens (including phenoxy) is 1. The third-order valence-electron chi connectivity index (χ3n) is 1.70. The molecule has 88 valence electrons. The Kier molecular flexibility index (Phi) is 8.05. The number of rotatable bonds is 8. The van der Waals surface area contributed by atoms with Gasteiger partial charge in [-0.15, -0.1) is 9.24 Å². The number of nitrogens with one attached hydrogen (secondary N) is 1. The summed E-state index contributed by atoms with van der Waals surface area (Å²) < 4.78 is 5.19. The van der Waals surface area contributed by atoms with Crippen LogP contribution in [0.1, 0.15) is 0 Å². The molecule has 0 aliphatic carbocycles. The van der Waals surface area contributed by atoms with Gasteiger partial charge < -0.3 is 20.7 Å². The maximum atomic E-state index is 11.3. The van der Waals surface area contributed by atoms with E-state index < -0.39 is 0 Å². The number of nitrogens with zero attached hydrogens (tertiary/aromatic N) is 1. The second kappa shape index (κ2) is 8.50. The fraction of sp³-hybridized carbons (Fsp3) is 0.667. The van der Waals surface area contributed by atoms with Crippen molar-refractivity contribution >= 4 is 15.1 Å². The fourth-order valence-corrected chi connectivity index (χ4v) is 0.988. The predicted octanol–water partition coefficient (Wildman–Crippen LogP) is -0.644. The molecular formula is C9H20N3O2P. The standard InChI is InChI=1S/C9H20N3O2P/c1-8(10)12(2)7-9(13)11-3-4-14-5-6-15/h1,3-7,10,15H2,2H3,(H,11,13). The molecule has 0 bridgehead atoms. The number of amides is 1. The van der Waals surface area contributed by atoms with Crippen molar-refractivity contribution < 1.29 is 9.53 Å². The minimum Gasteiger partial charge on any atom is -0.386 e. The van der Waals surface area contributed by atoms with Crippen LogP contribution in [0, 0.1) is 0 Å². The van der Waals surface area contributed by atoms with Crippen molar-refractivity contribution in [1.29, 1.82) is 0 Å². The highest BCUT2D eigenvalue weighted by Crippen LogP contribution is 1.87. The van der Waals surface area contributed by atoms with Gasteiger partial charge in [-0.1, -0.05) is 6.58 Å². The molecule has 0 aromatic rings. The first-order chi connectivity index (χ1) is 7.07. The van der Waals surface area contributed by atoms with E-state index in [1.54, 1.807) is 11.9 Å². The van der Waals surface area contributed by atoms with E-state index in [-0.39, 0.29) is 12.5 Å². The Morgan fingerprint density at radius 1 is 1.60 bits per heavy atom. The van der Waals surface area contributed by atoms with Gasteiger partial charge >= 0.3 is 0 Å². The molecule has 0 saturated carbocycles. The Bertz CT molecular complexity index is 212. The molecule has 1 atom stereocenters. The molecule has 3 N–H and O–H groups in total. The molecule has 0 aromatic heterocycles. The minimum absolute atomic E-state index is 0.0847. The molecule has 1 amide bonds. The van der Waals surface area contributed by atoms with Crippen molar-refractivity contribution in [3.63, 3.8) is 0 Å². The number of carbonyl (C=O) groups excluding carboxylic acids is 1. The van der Waals surface area contributed by atoms with E-state index in [9.17, 15) is 4.79 Å². The van der Waals surface area contributed by atoms with E-state index in [4.69, 9.17) is 10.5 Å². The highest BCUT2D eigenvalue weighted by atomic mass is 31.0. The molecule has 0 aliphatic rings. The summed E-state index contributed by atoms with van der Waals surface area (Å²) in [5.41, 5.74) is 5.40. The van der Waals surface area contributed by atoms with Crippen LogP contribution < -0.4 is 11.1 Å². The Hall–Kier alpha value is -0.800. The normalized spacial score (nSPS) is 9.73. The van der Waals surface area contributed by atoms with E-state index in [1.165, 1.54) is 0 Å². The van der Waals surface area contributed by atoms with E-state index in [0.717, 1.165) is 6.16 Å². The predicted molar refractivity (Wildman–Crippen MR) is 64.4 cm³/mol. The average Bonchev–Trinajstić information content (AvgIpc) is 2.17. The first kappa shape index (κ1) is 14.2. The summed E-state index contributed by atoms with van der Waals surface area (Å²) in [4.78, 5) is 12.9. The van der Waals surface area contributed by atoms with Gasteiger partial charge in [0.15, 0.2) is 0 Å². The van der Waals surface area contributed by atoms with Crippen LogP contribution in [0.2, 0.25) is 0 Å². The molecule has 0 saturated heterocycles. The van der Waals surface area contributed by atoms with Gasteiger partial charge in [-0.05, 0) is 6.16 Å². The SMILES string of the molecule is C=C(N)N(C)CC(=O)NCCOCCP. The Morgan fingerprint density at radius 3 is 2.80 bits per heavy atom. The zero-order valence-corrected chi connectivity index (χ0v) is 10.3. The molecule has 15 heavy (non-hydrogen) atoms. The Labute approximate surface area is 93.2 Å². The third-order valence-corrected chi connectivity index (χ3v) is 1.94. The van der Waals surface area contributed by atoms with Crippen LogP contribution in [0.25, 0.3) is 0 Å². The quantitative estimate of drug-likeness (QED) is 0.432. The van der Waals surface area contributed by atoms with Gasteiger partial charge in [0.25, 0.3) is 0 Å². The maximum Gasteiger partial charge on any atom is 0.239 e. The second-order valence-corrected chi connectivity index (χ2v) is 3.68. The van der Waals surface area contributed by atoms with Gasteiger partial charge in [0.1, 0.15) is 0 Å². The van der Waals surface area contributed by atoms with E-state index in [1.807, 2.05) is 0 Å². The fourth-order valence-electron chi connectivity index (χ4n) is 0.821. The molecule has 5 nitrogen and oxygen atoms in total. The topological polar surface area (TPSA) is 67.6 Å². The highest BCUT2D eigenvalue weighted by Gasteiger charge is 2.04. The molecule has 1 unspecified atom stereocenters. The summed E-state index contributed by atoms with van der Waals surface area (Å²) in [5.74, 6) is 0.294. The second-order valence-electron chi connectivity index (χ2n) is 3.10. The van der Waals surface area contributed by atoms with Crippen molar-refractivity contribution in [2.75, 3.05) is 39.5 Å². The molecule has 0 aromatic carbocycles. The summed E-state index contributed by atoms with van der Waals surface area (Å²) in [6.45, 7) is 5.50. The van der Waals surface area contributed by atoms with Crippen LogP contribution in [-0.2, 0) is 9.53 Å². The van der Waals surface area contributed by atoms with Gasteiger partial charge in [-0.2, -0.15) is 0 Å². The van der Waals surface area contributed by atoms with Crippen molar-refractivity contribution in [2.45, 2.75) is 0 Å². The average molecular weight is 233 g/mol. The summed E-state index contributed by atoms with van der Waals surface area (Å²) in [5, 5.41) is 2.72. The number of carbonyl (C=O) groups is 1. The molecule has 0 aliphatic heterocycles. The third kappa shape index (κ3) is 8.21. The van der Waals surface area contributed by atoms with E-state index in [0.29, 0.717) is 25.6 Å². The van der Waals surface area contributed by atoms with Crippen LogP contribution in [0.5, 0.6) is 0 Å². The molecule has 0 radical (unpaired) electrons. The monoisotopic (exact) mass is 233 g/mol. The minimum atomic E-state index is -0.0847. The van der Waals surface area contributed by atoms with Crippen molar-refractivity contribution in [3.8, 4) is 0 Å². The van der Waals surface area contributed by atoms with Crippen LogP contribution in [0.4, 0.5) is 0 Å². The largest absolute Gasteiger partial charge is 0.386 e. The lowest BCUT2D eigenvalue weighted by molar-refractivity contribution is -0.121. The zero-order valence-electron chi connectivity index (χ0n) is 9.16. The summed E-state index contributed by atoms with van der Waals surface area (Å²) >= 11 is 0. The number of hydrogen-bond acceptors (Lipinski definition) is 4. The van der Waals surface area contributed by atoms with Crippen molar-refractivity contribution in [3.05, 3.63) is 12.4 Å². The van der Waals surface area contributed by atoms with Crippen LogP contribution in [0.15, 0.2) is 12.4 Å². The van der Waals surface area contributed by atoms with Gasteiger partial charge in [-0.25, -0.2) is 0 Å². The van der Waals surface area contributed by atoms with E-state index >= 15 is 0 Å². The molecule has 0 fully saturated rings. The number of hydrogen-bond donors (Lipinski definition) is 2. The van der Waals surface area contributed by atoms with Crippen LogP contribution >= 0.6 is 9.24 Å². The molecular weight excluding hydrogens is 213 g/mol. The zero-order chi connectivity index (χ0) is 11.7. The molecule has 6 heteroatoms. The van der Waals surface area contributed by atoms with Crippen LogP contribution in [0.3, 0.4) is 0 Å². The highest BCUT2D eigenvalue weighted by molar-refractivity contribution is 7.16. The smallest absolute Gasteiger partial charge is 0.239 e. The molecule has 0 rings (SSSR count). The van der Waals surface area contributed by atoms with Gasteiger partial charge in [0, 0.05) is 13.6 Å². The first-order valence-corrected chi connectivity index (χ1v) is 5.59. The van der Waals surface area contributed by atoms with Gasteiger partial charge in [-0.3, -0.25) is 4.79 Å². The first-order valence-electron chi connectivity index (χ1n) is 4.78. The lowest BCUT2D eigenvalue weighted by atomic mass is 10.5.